The molecule has 0 aromatic heterocycles. The first-order valence-corrected chi connectivity index (χ1v) is 11.0. The van der Waals surface area contributed by atoms with Crippen LogP contribution in [0.2, 0.25) is 0 Å². The lowest BCUT2D eigenvalue weighted by Crippen LogP contribution is -2.61. The smallest absolute Gasteiger partial charge is 0.338 e. The van der Waals surface area contributed by atoms with E-state index in [0.29, 0.717) is 0 Å². The third kappa shape index (κ3) is 6.59. The van der Waals surface area contributed by atoms with Gasteiger partial charge in [0.15, 0.2) is 6.10 Å². The quantitative estimate of drug-likeness (QED) is 0.224. The monoisotopic (exact) mass is 531 g/mol. The SMILES string of the molecule is N=C(O[C@H]1O[C@H](COC(=O)c2ccccc2)[C@@H](O)[C@H](O)[C@H]1OC(=O)c1ccccc1)C(Cl)(Cl)Cl. The number of halogens is 3. The average molecular weight is 533 g/mol. The van der Waals surface area contributed by atoms with Gasteiger partial charge in [0.2, 0.25) is 12.2 Å². The number of rotatable bonds is 6. The highest BCUT2D eigenvalue weighted by atomic mass is 35.6. The Kier molecular flexibility index (Phi) is 8.75. The molecule has 0 amide bonds. The average Bonchev–Trinajstić information content (AvgIpc) is 2.82. The van der Waals surface area contributed by atoms with Crippen molar-refractivity contribution in [3.63, 3.8) is 0 Å². The fraction of sp³-hybridized carbons (Fsp3) is 0.318. The molecule has 0 unspecified atom stereocenters. The van der Waals surface area contributed by atoms with Gasteiger partial charge in [0.1, 0.15) is 24.9 Å². The summed E-state index contributed by atoms with van der Waals surface area (Å²) in [6.07, 6.45) is -8.01. The van der Waals surface area contributed by atoms with Gasteiger partial charge in [-0.05, 0) is 24.3 Å². The second-order valence-corrected chi connectivity index (χ2v) is 9.45. The zero-order valence-electron chi connectivity index (χ0n) is 17.3. The molecule has 9 nitrogen and oxygen atoms in total. The van der Waals surface area contributed by atoms with Crippen LogP contribution in [0.4, 0.5) is 0 Å². The molecule has 0 radical (unpaired) electrons. The highest BCUT2D eigenvalue weighted by Gasteiger charge is 2.50. The predicted octanol–water partition coefficient (Wildman–Crippen LogP) is 2.88. The van der Waals surface area contributed by atoms with Gasteiger partial charge in [-0.2, -0.15) is 0 Å². The topological polar surface area (TPSA) is 135 Å². The van der Waals surface area contributed by atoms with Crippen molar-refractivity contribution < 1.29 is 38.7 Å². The number of aliphatic hydroxyl groups excluding tert-OH is 2. The highest BCUT2D eigenvalue weighted by Crippen LogP contribution is 2.32. The molecule has 5 atom stereocenters. The summed E-state index contributed by atoms with van der Waals surface area (Å²) in [4.78, 5) is 24.7. The Morgan fingerprint density at radius 3 is 1.94 bits per heavy atom. The van der Waals surface area contributed by atoms with Crippen molar-refractivity contribution in [3.8, 4) is 0 Å². The number of nitrogens with one attached hydrogen (secondary N) is 1. The molecule has 182 valence electrons. The van der Waals surface area contributed by atoms with Gasteiger partial charge in [-0.15, -0.1) is 0 Å². The summed E-state index contributed by atoms with van der Waals surface area (Å²) in [5.41, 5.74) is 0.409. The number of ether oxygens (including phenoxy) is 4. The Hall–Kier alpha value is -2.40. The van der Waals surface area contributed by atoms with Gasteiger partial charge < -0.3 is 29.2 Å². The van der Waals surface area contributed by atoms with Crippen LogP contribution in [-0.4, -0.2) is 69.2 Å². The van der Waals surface area contributed by atoms with Crippen LogP contribution in [0.15, 0.2) is 60.7 Å². The maximum absolute atomic E-state index is 12.5. The summed E-state index contributed by atoms with van der Waals surface area (Å²) in [5, 5.41) is 29.0. The van der Waals surface area contributed by atoms with Crippen molar-refractivity contribution in [1.82, 2.24) is 0 Å². The molecular weight excluding hydrogens is 513 g/mol. The van der Waals surface area contributed by atoms with E-state index in [9.17, 15) is 19.8 Å². The third-order valence-corrected chi connectivity index (χ3v) is 5.29. The number of benzene rings is 2. The van der Waals surface area contributed by atoms with Crippen molar-refractivity contribution in [2.45, 2.75) is 34.5 Å². The second-order valence-electron chi connectivity index (χ2n) is 7.17. The molecule has 3 N–H and O–H groups in total. The summed E-state index contributed by atoms with van der Waals surface area (Å²) in [6, 6.07) is 15.9. The van der Waals surface area contributed by atoms with E-state index < -0.39 is 58.9 Å². The van der Waals surface area contributed by atoms with E-state index in [1.165, 1.54) is 24.3 Å². The Balaban J connectivity index is 1.76. The Labute approximate surface area is 209 Å². The van der Waals surface area contributed by atoms with E-state index >= 15 is 0 Å². The third-order valence-electron chi connectivity index (χ3n) is 4.78. The van der Waals surface area contributed by atoms with Crippen LogP contribution in [0.25, 0.3) is 0 Å². The van der Waals surface area contributed by atoms with Crippen molar-refractivity contribution in [2.24, 2.45) is 0 Å². The summed E-state index contributed by atoms with van der Waals surface area (Å²) >= 11 is 17.0. The molecule has 12 heteroatoms. The lowest BCUT2D eigenvalue weighted by atomic mass is 9.99. The Morgan fingerprint density at radius 2 is 1.41 bits per heavy atom. The van der Waals surface area contributed by atoms with E-state index in [2.05, 4.69) is 0 Å². The van der Waals surface area contributed by atoms with Crippen molar-refractivity contribution in [2.75, 3.05) is 6.61 Å². The van der Waals surface area contributed by atoms with Crippen molar-refractivity contribution >= 4 is 52.6 Å². The maximum Gasteiger partial charge on any atom is 0.338 e. The first-order valence-electron chi connectivity index (χ1n) is 9.90. The molecule has 34 heavy (non-hydrogen) atoms. The van der Waals surface area contributed by atoms with Crippen LogP contribution >= 0.6 is 34.8 Å². The fourth-order valence-corrected chi connectivity index (χ4v) is 3.16. The van der Waals surface area contributed by atoms with Crippen molar-refractivity contribution in [1.29, 1.82) is 5.41 Å². The molecule has 1 heterocycles. The maximum atomic E-state index is 12.5. The van der Waals surface area contributed by atoms with Crippen LogP contribution in [0.1, 0.15) is 20.7 Å². The molecule has 0 spiro atoms. The standard InChI is InChI=1S/C22H20Cl3NO8/c23-22(24,25)21(26)34-20-17(33-19(30)13-9-5-2-6-10-13)16(28)15(27)14(32-20)11-31-18(29)12-7-3-1-4-8-12/h1-10,14-17,20,26-28H,11H2/t14-,15-,16+,17-,20-/m1/s1. The number of alkyl halides is 3. The minimum atomic E-state index is -2.28. The molecule has 1 aliphatic heterocycles. The Morgan fingerprint density at radius 1 is 0.882 bits per heavy atom. The molecule has 0 aliphatic carbocycles. The molecule has 0 bridgehead atoms. The molecule has 2 aromatic carbocycles. The summed E-state index contributed by atoms with van der Waals surface area (Å²) in [7, 11) is 0. The zero-order chi connectivity index (χ0) is 24.9. The molecule has 0 saturated carbocycles. The molecule has 1 fully saturated rings. The van der Waals surface area contributed by atoms with Crippen molar-refractivity contribution in [3.05, 3.63) is 71.8 Å². The minimum absolute atomic E-state index is 0.151. The molecular formula is C22H20Cl3NO8. The predicted molar refractivity (Wildman–Crippen MR) is 122 cm³/mol. The van der Waals surface area contributed by atoms with Gasteiger partial charge in [-0.1, -0.05) is 71.2 Å². The van der Waals surface area contributed by atoms with Gasteiger partial charge in [-0.25, -0.2) is 9.59 Å². The fourth-order valence-electron chi connectivity index (χ4n) is 3.03. The summed E-state index contributed by atoms with van der Waals surface area (Å²) in [6.45, 7) is -0.494. The second kappa shape index (κ2) is 11.4. The number of aliphatic hydroxyl groups is 2. The number of hydrogen-bond acceptors (Lipinski definition) is 9. The first kappa shape index (κ1) is 26.2. The first-order chi connectivity index (χ1) is 16.1. The number of hydrogen-bond donors (Lipinski definition) is 3. The molecule has 1 aliphatic rings. The van der Waals surface area contributed by atoms with Crippen LogP contribution in [0.5, 0.6) is 0 Å². The van der Waals surface area contributed by atoms with Gasteiger partial charge >= 0.3 is 11.9 Å². The lowest BCUT2D eigenvalue weighted by molar-refractivity contribution is -0.280. The number of esters is 2. The van der Waals surface area contributed by atoms with E-state index in [-0.39, 0.29) is 11.1 Å². The highest BCUT2D eigenvalue weighted by molar-refractivity contribution is 6.76. The summed E-state index contributed by atoms with van der Waals surface area (Å²) in [5.74, 6) is -2.44. The van der Waals surface area contributed by atoms with Gasteiger partial charge in [0, 0.05) is 0 Å². The Bertz CT molecular complexity index is 1000. The van der Waals surface area contributed by atoms with E-state index in [0.717, 1.165) is 0 Å². The van der Waals surface area contributed by atoms with Gasteiger partial charge in [-0.3, -0.25) is 5.41 Å². The van der Waals surface area contributed by atoms with Crippen LogP contribution in [0, 0.1) is 5.41 Å². The van der Waals surface area contributed by atoms with E-state index in [4.69, 9.17) is 59.2 Å². The lowest BCUT2D eigenvalue weighted by Gasteiger charge is -2.41. The number of carbonyl (C=O) groups excluding carboxylic acids is 2. The minimum Gasteiger partial charge on any atom is -0.459 e. The van der Waals surface area contributed by atoms with Gasteiger partial charge in [0.05, 0.1) is 11.1 Å². The van der Waals surface area contributed by atoms with E-state index in [1.807, 2.05) is 0 Å². The van der Waals surface area contributed by atoms with Crippen LogP contribution in [0.3, 0.4) is 0 Å². The molecule has 1 saturated heterocycles. The van der Waals surface area contributed by atoms with Gasteiger partial charge in [0.25, 0.3) is 3.79 Å². The largest absolute Gasteiger partial charge is 0.459 e. The zero-order valence-corrected chi connectivity index (χ0v) is 19.6. The molecule has 3 rings (SSSR count). The van der Waals surface area contributed by atoms with Crippen LogP contribution in [-0.2, 0) is 18.9 Å². The summed E-state index contributed by atoms with van der Waals surface area (Å²) < 4.78 is 19.0. The normalized spacial score (nSPS) is 24.7. The molecule has 2 aromatic rings. The van der Waals surface area contributed by atoms with E-state index in [1.54, 1.807) is 36.4 Å². The number of carbonyl (C=O) groups is 2. The van der Waals surface area contributed by atoms with Crippen LogP contribution < -0.4 is 0 Å².